The van der Waals surface area contributed by atoms with Crippen molar-refractivity contribution in [3.05, 3.63) is 59.4 Å². The SMILES string of the molecule is O=C(C1CC(=O)N(c2ccccc2Cl)C1)N1CCC(c2nc3ccccc3[nH]2)CC1. The van der Waals surface area contributed by atoms with Gasteiger partial charge in [0.25, 0.3) is 0 Å². The number of aromatic amines is 1. The molecule has 2 aliphatic rings. The number of para-hydroxylation sites is 3. The number of fused-ring (bicyclic) bond motifs is 1. The molecule has 0 saturated carbocycles. The molecule has 154 valence electrons. The minimum atomic E-state index is -0.309. The van der Waals surface area contributed by atoms with Crippen LogP contribution in [0.1, 0.15) is 31.0 Å². The first-order chi connectivity index (χ1) is 14.6. The number of amides is 2. The fourth-order valence-corrected chi connectivity index (χ4v) is 4.81. The molecule has 1 atom stereocenters. The summed E-state index contributed by atoms with van der Waals surface area (Å²) in [7, 11) is 0. The number of aromatic nitrogens is 2. The number of hydrogen-bond donors (Lipinski definition) is 1. The average Bonchev–Trinajstić information content (AvgIpc) is 3.37. The number of nitrogens with one attached hydrogen (secondary N) is 1. The molecule has 7 heteroatoms. The molecule has 2 aromatic carbocycles. The van der Waals surface area contributed by atoms with Gasteiger partial charge in [-0.1, -0.05) is 35.9 Å². The van der Waals surface area contributed by atoms with Gasteiger partial charge in [-0.3, -0.25) is 9.59 Å². The minimum Gasteiger partial charge on any atom is -0.342 e. The lowest BCUT2D eigenvalue weighted by atomic mass is 9.95. The molecule has 2 aliphatic heterocycles. The van der Waals surface area contributed by atoms with E-state index in [0.29, 0.717) is 36.3 Å². The third-order valence-electron chi connectivity index (χ3n) is 6.22. The summed E-state index contributed by atoms with van der Waals surface area (Å²) in [4.78, 5) is 37.3. The van der Waals surface area contributed by atoms with Gasteiger partial charge in [0.1, 0.15) is 5.82 Å². The minimum absolute atomic E-state index is 0.0430. The predicted octanol–water partition coefficient (Wildman–Crippen LogP) is 3.98. The third-order valence-corrected chi connectivity index (χ3v) is 6.54. The molecule has 0 bridgehead atoms. The molecule has 30 heavy (non-hydrogen) atoms. The summed E-state index contributed by atoms with van der Waals surface area (Å²) in [5, 5.41) is 0.533. The molecule has 2 amide bonds. The van der Waals surface area contributed by atoms with E-state index in [-0.39, 0.29) is 24.2 Å². The van der Waals surface area contributed by atoms with Crippen LogP contribution in [0.4, 0.5) is 5.69 Å². The third kappa shape index (κ3) is 3.45. The first kappa shape index (κ1) is 19.1. The zero-order chi connectivity index (χ0) is 20.7. The van der Waals surface area contributed by atoms with E-state index < -0.39 is 0 Å². The maximum Gasteiger partial charge on any atom is 0.228 e. The van der Waals surface area contributed by atoms with E-state index in [2.05, 4.69) is 4.98 Å². The first-order valence-electron chi connectivity index (χ1n) is 10.4. The fraction of sp³-hybridized carbons (Fsp3) is 0.348. The number of imidazole rings is 1. The van der Waals surface area contributed by atoms with Crippen LogP contribution in [0.2, 0.25) is 5.02 Å². The fourth-order valence-electron chi connectivity index (χ4n) is 4.57. The number of piperidine rings is 1. The van der Waals surface area contributed by atoms with Crippen molar-refractivity contribution in [2.75, 3.05) is 24.5 Å². The summed E-state index contributed by atoms with van der Waals surface area (Å²) in [6, 6.07) is 15.3. The summed E-state index contributed by atoms with van der Waals surface area (Å²) in [5.74, 6) is 1.05. The Balaban J connectivity index is 1.23. The van der Waals surface area contributed by atoms with Gasteiger partial charge in [-0.2, -0.15) is 0 Å². The number of anilines is 1. The van der Waals surface area contributed by atoms with Crippen molar-refractivity contribution >= 4 is 40.1 Å². The van der Waals surface area contributed by atoms with E-state index >= 15 is 0 Å². The Morgan fingerprint density at radius 3 is 2.57 bits per heavy atom. The molecule has 0 radical (unpaired) electrons. The highest BCUT2D eigenvalue weighted by molar-refractivity contribution is 6.33. The Labute approximate surface area is 179 Å². The van der Waals surface area contributed by atoms with Crippen molar-refractivity contribution in [2.45, 2.75) is 25.2 Å². The normalized spacial score (nSPS) is 20.3. The van der Waals surface area contributed by atoms with Crippen LogP contribution in [0.25, 0.3) is 11.0 Å². The van der Waals surface area contributed by atoms with Crippen LogP contribution >= 0.6 is 11.6 Å². The van der Waals surface area contributed by atoms with Crippen LogP contribution in [0, 0.1) is 5.92 Å². The maximum atomic E-state index is 13.1. The van der Waals surface area contributed by atoms with Gasteiger partial charge in [0, 0.05) is 32.0 Å². The molecular weight excluding hydrogens is 400 g/mol. The highest BCUT2D eigenvalue weighted by atomic mass is 35.5. The van der Waals surface area contributed by atoms with E-state index in [9.17, 15) is 9.59 Å². The summed E-state index contributed by atoms with van der Waals surface area (Å²) in [6.45, 7) is 1.78. The topological polar surface area (TPSA) is 69.3 Å². The molecule has 2 saturated heterocycles. The van der Waals surface area contributed by atoms with Gasteiger partial charge < -0.3 is 14.8 Å². The van der Waals surface area contributed by atoms with E-state index in [1.54, 1.807) is 11.0 Å². The van der Waals surface area contributed by atoms with Crippen molar-refractivity contribution in [3.8, 4) is 0 Å². The van der Waals surface area contributed by atoms with Crippen LogP contribution in [0.5, 0.6) is 0 Å². The van der Waals surface area contributed by atoms with Gasteiger partial charge in [0.05, 0.1) is 27.7 Å². The van der Waals surface area contributed by atoms with Crippen molar-refractivity contribution in [1.82, 2.24) is 14.9 Å². The highest BCUT2D eigenvalue weighted by Crippen LogP contribution is 2.33. The number of benzene rings is 2. The number of carbonyl (C=O) groups is 2. The Morgan fingerprint density at radius 2 is 1.80 bits per heavy atom. The van der Waals surface area contributed by atoms with Crippen LogP contribution in [0.3, 0.4) is 0 Å². The molecule has 3 heterocycles. The van der Waals surface area contributed by atoms with Crippen LogP contribution in [-0.4, -0.2) is 46.3 Å². The molecule has 2 fully saturated rings. The average molecular weight is 423 g/mol. The quantitative estimate of drug-likeness (QED) is 0.694. The Kier molecular flexibility index (Phi) is 4.95. The van der Waals surface area contributed by atoms with Crippen LogP contribution in [-0.2, 0) is 9.59 Å². The number of carbonyl (C=O) groups excluding carboxylic acids is 2. The largest absolute Gasteiger partial charge is 0.342 e. The Morgan fingerprint density at radius 1 is 1.07 bits per heavy atom. The molecule has 1 N–H and O–H groups in total. The standard InChI is InChI=1S/C23H23ClN4O2/c24-17-5-1-4-8-20(17)28-14-16(13-21(28)29)23(30)27-11-9-15(10-12-27)22-25-18-6-2-3-7-19(18)26-22/h1-8,15-16H,9-14H2,(H,25,26). The van der Waals surface area contributed by atoms with Crippen molar-refractivity contribution in [1.29, 1.82) is 0 Å². The smallest absolute Gasteiger partial charge is 0.228 e. The number of nitrogens with zero attached hydrogens (tertiary/aromatic N) is 3. The number of likely N-dealkylation sites (tertiary alicyclic amines) is 1. The summed E-state index contributed by atoms with van der Waals surface area (Å²) in [6.07, 6.45) is 1.99. The molecule has 5 rings (SSSR count). The van der Waals surface area contributed by atoms with Crippen molar-refractivity contribution in [3.63, 3.8) is 0 Å². The van der Waals surface area contributed by atoms with Crippen LogP contribution in [0.15, 0.2) is 48.5 Å². The van der Waals surface area contributed by atoms with Gasteiger partial charge >= 0.3 is 0 Å². The van der Waals surface area contributed by atoms with Gasteiger partial charge in [-0.25, -0.2) is 4.98 Å². The second-order valence-corrected chi connectivity index (χ2v) is 8.50. The van der Waals surface area contributed by atoms with Crippen molar-refractivity contribution in [2.24, 2.45) is 5.92 Å². The lowest BCUT2D eigenvalue weighted by Gasteiger charge is -2.32. The highest BCUT2D eigenvalue weighted by Gasteiger charge is 2.38. The number of halogens is 1. The van der Waals surface area contributed by atoms with Gasteiger partial charge in [0.15, 0.2) is 0 Å². The zero-order valence-electron chi connectivity index (χ0n) is 16.6. The molecule has 1 aromatic heterocycles. The Bertz CT molecular complexity index is 1070. The van der Waals surface area contributed by atoms with Gasteiger partial charge in [-0.15, -0.1) is 0 Å². The second-order valence-electron chi connectivity index (χ2n) is 8.10. The maximum absolute atomic E-state index is 13.1. The molecule has 3 aromatic rings. The Hall–Kier alpha value is -2.86. The van der Waals surface area contributed by atoms with E-state index in [0.717, 1.165) is 29.7 Å². The molecular formula is C23H23ClN4O2. The van der Waals surface area contributed by atoms with Crippen molar-refractivity contribution < 1.29 is 9.59 Å². The molecule has 0 spiro atoms. The molecule has 6 nitrogen and oxygen atoms in total. The summed E-state index contributed by atoms with van der Waals surface area (Å²) < 4.78 is 0. The summed E-state index contributed by atoms with van der Waals surface area (Å²) in [5.41, 5.74) is 2.72. The lowest BCUT2D eigenvalue weighted by molar-refractivity contribution is -0.136. The van der Waals surface area contributed by atoms with E-state index in [1.165, 1.54) is 0 Å². The number of H-pyrrole nitrogens is 1. The lowest BCUT2D eigenvalue weighted by Crippen LogP contribution is -2.42. The summed E-state index contributed by atoms with van der Waals surface area (Å²) >= 11 is 6.25. The predicted molar refractivity (Wildman–Crippen MR) is 117 cm³/mol. The molecule has 1 unspecified atom stereocenters. The molecule has 0 aliphatic carbocycles. The van der Waals surface area contributed by atoms with E-state index in [1.807, 2.05) is 47.4 Å². The number of rotatable bonds is 3. The zero-order valence-corrected chi connectivity index (χ0v) is 17.3. The van der Waals surface area contributed by atoms with E-state index in [4.69, 9.17) is 16.6 Å². The first-order valence-corrected chi connectivity index (χ1v) is 10.8. The second kappa shape index (κ2) is 7.76. The van der Waals surface area contributed by atoms with Crippen LogP contribution < -0.4 is 4.90 Å². The monoisotopic (exact) mass is 422 g/mol. The van der Waals surface area contributed by atoms with Gasteiger partial charge in [0.2, 0.25) is 11.8 Å². The van der Waals surface area contributed by atoms with Gasteiger partial charge in [-0.05, 0) is 37.1 Å². The number of hydrogen-bond acceptors (Lipinski definition) is 3.